The Morgan fingerprint density at radius 1 is 1.02 bits per heavy atom. The van der Waals surface area contributed by atoms with Crippen LogP contribution in [0.3, 0.4) is 0 Å². The molecule has 11 nitrogen and oxygen atoms in total. The minimum absolute atomic E-state index is 0.123. The van der Waals surface area contributed by atoms with Crippen molar-refractivity contribution in [3.8, 4) is 5.75 Å². The van der Waals surface area contributed by atoms with Gasteiger partial charge in [0.25, 0.3) is 5.91 Å². The number of carbonyl (C=O) groups is 3. The number of carboxylic acids is 1. The number of nitrogens with one attached hydrogen (secondary N) is 1. The van der Waals surface area contributed by atoms with Crippen molar-refractivity contribution in [1.82, 2.24) is 14.9 Å². The number of aryl methyl sites for hydroxylation is 1. The first kappa shape index (κ1) is 31.3. The Morgan fingerprint density at radius 2 is 1.72 bits per heavy atom. The molecule has 2 N–H and O–H groups in total. The zero-order valence-corrected chi connectivity index (χ0v) is 25.2. The minimum Gasteiger partial charge on any atom is -0.480 e. The van der Waals surface area contributed by atoms with Crippen LogP contribution >= 0.6 is 0 Å². The van der Waals surface area contributed by atoms with E-state index in [0.29, 0.717) is 55.7 Å². The summed E-state index contributed by atoms with van der Waals surface area (Å²) < 4.78 is 5.47. The van der Waals surface area contributed by atoms with Gasteiger partial charge in [0.1, 0.15) is 17.5 Å². The number of likely N-dealkylation sites (tertiary alicyclic amines) is 1. The SMILES string of the molecule is CCN(CC)c1ncc(N(CC)C(=O)c2cccc(C)c2)c(N[C@@H](Cc2ccc(OC(=O)N3CCCC3)cc2)C(=O)O)n1. The lowest BCUT2D eigenvalue weighted by Gasteiger charge is -2.27. The van der Waals surface area contributed by atoms with Gasteiger partial charge in [0.05, 0.1) is 6.20 Å². The Bertz CT molecular complexity index is 1420. The summed E-state index contributed by atoms with van der Waals surface area (Å²) in [5.74, 6) is -0.228. The average Bonchev–Trinajstić information content (AvgIpc) is 3.55. The minimum atomic E-state index is -1.08. The van der Waals surface area contributed by atoms with Crippen molar-refractivity contribution in [1.29, 1.82) is 0 Å². The average molecular weight is 589 g/mol. The van der Waals surface area contributed by atoms with Crippen LogP contribution in [0.2, 0.25) is 0 Å². The number of aliphatic carboxylic acids is 1. The first-order valence-electron chi connectivity index (χ1n) is 14.8. The molecule has 1 atom stereocenters. The lowest BCUT2D eigenvalue weighted by molar-refractivity contribution is -0.137. The Morgan fingerprint density at radius 3 is 2.33 bits per heavy atom. The highest BCUT2D eigenvalue weighted by molar-refractivity contribution is 6.07. The Labute approximate surface area is 252 Å². The fourth-order valence-electron chi connectivity index (χ4n) is 5.05. The number of anilines is 3. The summed E-state index contributed by atoms with van der Waals surface area (Å²) in [7, 11) is 0. The van der Waals surface area contributed by atoms with Crippen molar-refractivity contribution in [3.63, 3.8) is 0 Å². The van der Waals surface area contributed by atoms with E-state index in [1.54, 1.807) is 46.3 Å². The summed E-state index contributed by atoms with van der Waals surface area (Å²) in [5, 5.41) is 13.3. The number of nitrogens with zero attached hydrogens (tertiary/aromatic N) is 5. The molecule has 0 unspecified atom stereocenters. The lowest BCUT2D eigenvalue weighted by Crippen LogP contribution is -2.36. The van der Waals surface area contributed by atoms with Gasteiger partial charge in [0.15, 0.2) is 5.82 Å². The van der Waals surface area contributed by atoms with Crippen LogP contribution in [0.5, 0.6) is 5.75 Å². The maximum atomic E-state index is 13.6. The van der Waals surface area contributed by atoms with Crippen molar-refractivity contribution in [2.45, 2.75) is 53.0 Å². The number of carbonyl (C=O) groups excluding carboxylic acids is 2. The number of hydrogen-bond donors (Lipinski definition) is 2. The monoisotopic (exact) mass is 588 g/mol. The molecule has 1 aromatic heterocycles. The van der Waals surface area contributed by atoms with E-state index in [1.165, 1.54) is 0 Å². The van der Waals surface area contributed by atoms with Crippen molar-refractivity contribution < 1.29 is 24.2 Å². The summed E-state index contributed by atoms with van der Waals surface area (Å²) in [5.41, 5.74) is 2.58. The molecule has 2 amide bonds. The van der Waals surface area contributed by atoms with E-state index in [-0.39, 0.29) is 24.2 Å². The van der Waals surface area contributed by atoms with E-state index in [1.807, 2.05) is 50.8 Å². The normalized spacial score (nSPS) is 13.3. The molecule has 3 aromatic rings. The standard InChI is InChI=1S/C32H40N6O5/c1-5-36(6-2)31-33-21-27(38(7-3)29(39)24-12-10-11-22(4)19-24)28(35-31)34-26(30(40)41)20-23-13-15-25(16-14-23)43-32(42)37-17-8-9-18-37/h10-16,19,21,26H,5-9,17-18,20H2,1-4H3,(H,40,41)(H,33,34,35)/t26-/m0/s1. The summed E-state index contributed by atoms with van der Waals surface area (Å²) in [4.78, 5) is 52.8. The number of rotatable bonds is 12. The van der Waals surface area contributed by atoms with Gasteiger partial charge in [0, 0.05) is 44.7 Å². The largest absolute Gasteiger partial charge is 0.480 e. The number of carboxylic acid groups (broad SMARTS) is 1. The molecule has 43 heavy (non-hydrogen) atoms. The van der Waals surface area contributed by atoms with Gasteiger partial charge in [-0.2, -0.15) is 4.98 Å². The third-order valence-electron chi connectivity index (χ3n) is 7.46. The zero-order chi connectivity index (χ0) is 30.9. The Hall–Kier alpha value is -4.67. The van der Waals surface area contributed by atoms with Crippen LogP contribution in [0.1, 0.15) is 55.1 Å². The number of benzene rings is 2. The van der Waals surface area contributed by atoms with Crippen molar-refractivity contribution >= 4 is 35.4 Å². The highest BCUT2D eigenvalue weighted by Crippen LogP contribution is 2.28. The predicted molar refractivity (Wildman–Crippen MR) is 166 cm³/mol. The van der Waals surface area contributed by atoms with Crippen molar-refractivity contribution in [2.75, 3.05) is 47.8 Å². The van der Waals surface area contributed by atoms with Gasteiger partial charge in [-0.25, -0.2) is 14.6 Å². The Kier molecular flexibility index (Phi) is 10.5. The van der Waals surface area contributed by atoms with E-state index >= 15 is 0 Å². The smallest absolute Gasteiger partial charge is 0.415 e. The van der Waals surface area contributed by atoms with Gasteiger partial charge in [-0.05, 0) is 70.4 Å². The summed E-state index contributed by atoms with van der Waals surface area (Å²) in [6.45, 7) is 10.8. The van der Waals surface area contributed by atoms with E-state index in [2.05, 4.69) is 10.3 Å². The number of aromatic nitrogens is 2. The Balaban J connectivity index is 1.60. The van der Waals surface area contributed by atoms with Crippen LogP contribution in [0.25, 0.3) is 0 Å². The van der Waals surface area contributed by atoms with E-state index in [0.717, 1.165) is 24.0 Å². The molecule has 1 fully saturated rings. The van der Waals surface area contributed by atoms with Gasteiger partial charge in [-0.15, -0.1) is 0 Å². The second-order valence-corrected chi connectivity index (χ2v) is 10.4. The maximum absolute atomic E-state index is 13.6. The van der Waals surface area contributed by atoms with E-state index in [9.17, 15) is 19.5 Å². The molecule has 1 aliphatic rings. The van der Waals surface area contributed by atoms with E-state index in [4.69, 9.17) is 9.72 Å². The molecule has 2 heterocycles. The van der Waals surface area contributed by atoms with Crippen molar-refractivity contribution in [2.24, 2.45) is 0 Å². The molecular formula is C32H40N6O5. The molecule has 228 valence electrons. The van der Waals surface area contributed by atoms with Crippen LogP contribution in [0, 0.1) is 6.92 Å². The molecule has 0 radical (unpaired) electrons. The van der Waals surface area contributed by atoms with Crippen LogP contribution < -0.4 is 19.9 Å². The van der Waals surface area contributed by atoms with Gasteiger partial charge in [-0.3, -0.25) is 4.79 Å². The predicted octanol–water partition coefficient (Wildman–Crippen LogP) is 5.00. The molecular weight excluding hydrogens is 548 g/mol. The summed E-state index contributed by atoms with van der Waals surface area (Å²) in [6, 6.07) is 13.1. The summed E-state index contributed by atoms with van der Waals surface area (Å²) >= 11 is 0. The van der Waals surface area contributed by atoms with Crippen LogP contribution in [-0.2, 0) is 11.2 Å². The highest BCUT2D eigenvalue weighted by atomic mass is 16.6. The first-order chi connectivity index (χ1) is 20.7. The van der Waals surface area contributed by atoms with Gasteiger partial charge in [0.2, 0.25) is 5.95 Å². The molecule has 0 aliphatic carbocycles. The molecule has 4 rings (SSSR count). The number of ether oxygens (including phenoxy) is 1. The third kappa shape index (κ3) is 7.79. The molecule has 1 aliphatic heterocycles. The van der Waals surface area contributed by atoms with Gasteiger partial charge >= 0.3 is 12.1 Å². The fourth-order valence-corrected chi connectivity index (χ4v) is 5.05. The second-order valence-electron chi connectivity index (χ2n) is 10.4. The zero-order valence-electron chi connectivity index (χ0n) is 25.2. The third-order valence-corrected chi connectivity index (χ3v) is 7.46. The maximum Gasteiger partial charge on any atom is 0.415 e. The fraction of sp³-hybridized carbons (Fsp3) is 0.406. The van der Waals surface area contributed by atoms with Gasteiger partial charge < -0.3 is 29.9 Å². The highest BCUT2D eigenvalue weighted by Gasteiger charge is 2.26. The van der Waals surface area contributed by atoms with Gasteiger partial charge in [-0.1, -0.05) is 29.8 Å². The van der Waals surface area contributed by atoms with E-state index < -0.39 is 12.0 Å². The number of hydrogen-bond acceptors (Lipinski definition) is 8. The molecule has 11 heteroatoms. The summed E-state index contributed by atoms with van der Waals surface area (Å²) in [6.07, 6.45) is 3.26. The molecule has 0 spiro atoms. The lowest BCUT2D eigenvalue weighted by atomic mass is 10.1. The first-order valence-corrected chi connectivity index (χ1v) is 14.8. The van der Waals surface area contributed by atoms with Crippen LogP contribution in [-0.4, -0.2) is 76.7 Å². The second kappa shape index (κ2) is 14.5. The quantitative estimate of drug-likeness (QED) is 0.300. The van der Waals surface area contributed by atoms with Crippen molar-refractivity contribution in [3.05, 3.63) is 71.4 Å². The van der Waals surface area contributed by atoms with Crippen LogP contribution in [0.4, 0.5) is 22.2 Å². The molecule has 2 aromatic carbocycles. The molecule has 0 saturated carbocycles. The molecule has 1 saturated heterocycles. The molecule has 0 bridgehead atoms. The van der Waals surface area contributed by atoms with Crippen LogP contribution in [0.15, 0.2) is 54.7 Å². The topological polar surface area (TPSA) is 128 Å². The number of amides is 2.